The largest absolute Gasteiger partial charge is 0.492 e. The van der Waals surface area contributed by atoms with E-state index < -0.39 is 0 Å². The summed E-state index contributed by atoms with van der Waals surface area (Å²) in [7, 11) is 0. The minimum Gasteiger partial charge on any atom is -0.492 e. The van der Waals surface area contributed by atoms with E-state index in [1.807, 2.05) is 4.90 Å². The van der Waals surface area contributed by atoms with Gasteiger partial charge in [0.2, 0.25) is 10.8 Å². The first-order valence-corrected chi connectivity index (χ1v) is 10.6. The van der Waals surface area contributed by atoms with E-state index in [1.54, 1.807) is 12.1 Å². The molecule has 0 aliphatic carbocycles. The highest BCUT2D eigenvalue weighted by molar-refractivity contribution is 7.17. The third-order valence-corrected chi connectivity index (χ3v) is 6.57. The molecule has 0 radical (unpaired) electrons. The number of fused-ring (bicyclic) bond motifs is 1. The Morgan fingerprint density at radius 3 is 2.60 bits per heavy atom. The third kappa shape index (κ3) is 3.25. The summed E-state index contributed by atoms with van der Waals surface area (Å²) < 4.78 is 6.73. The maximum absolute atomic E-state index is 12.6. The van der Waals surface area contributed by atoms with Crippen molar-refractivity contribution in [2.75, 3.05) is 26.2 Å². The van der Waals surface area contributed by atoms with Gasteiger partial charge in [-0.15, -0.1) is 0 Å². The van der Waals surface area contributed by atoms with Gasteiger partial charge in [0.1, 0.15) is 6.33 Å². The van der Waals surface area contributed by atoms with E-state index in [2.05, 4.69) is 46.2 Å². The number of nitrogens with zero attached hydrogens (tertiary/aromatic N) is 5. The van der Waals surface area contributed by atoms with Crippen LogP contribution in [-0.4, -0.2) is 61.6 Å². The van der Waals surface area contributed by atoms with E-state index >= 15 is 0 Å². The van der Waals surface area contributed by atoms with Crippen molar-refractivity contribution in [3.8, 4) is 5.88 Å². The molecule has 1 fully saturated rings. The van der Waals surface area contributed by atoms with Gasteiger partial charge in [-0.2, -0.15) is 9.61 Å². The summed E-state index contributed by atoms with van der Waals surface area (Å²) in [5.41, 5.74) is 2.27. The van der Waals surface area contributed by atoms with Crippen LogP contribution in [0.25, 0.3) is 4.96 Å². The Balaban J connectivity index is 1.44. The second kappa shape index (κ2) is 7.58. The zero-order chi connectivity index (χ0) is 20.7. The average molecular weight is 423 g/mol. The lowest BCUT2D eigenvalue weighted by molar-refractivity contribution is 0.0568. The lowest BCUT2D eigenvalue weighted by Gasteiger charge is -2.38. The molecule has 1 aromatic carbocycles. The number of hydrogen-bond donors (Lipinski definition) is 1. The van der Waals surface area contributed by atoms with E-state index in [0.717, 1.165) is 10.4 Å². The lowest BCUT2D eigenvalue weighted by atomic mass is 10.0. The molecule has 9 heteroatoms. The Morgan fingerprint density at radius 2 is 1.93 bits per heavy atom. The monoisotopic (exact) mass is 423 g/mol. The van der Waals surface area contributed by atoms with E-state index in [4.69, 9.17) is 4.42 Å². The van der Waals surface area contributed by atoms with Crippen LogP contribution in [0.1, 0.15) is 32.6 Å². The quantitative estimate of drug-likeness (QED) is 0.543. The molecule has 4 heterocycles. The van der Waals surface area contributed by atoms with Crippen LogP contribution in [0.5, 0.6) is 5.88 Å². The molecular weight excluding hydrogens is 402 g/mol. The van der Waals surface area contributed by atoms with E-state index in [0.29, 0.717) is 36.9 Å². The number of carbonyl (C=O) groups excluding carboxylic acids is 1. The fourth-order valence-corrected chi connectivity index (χ4v) is 4.98. The van der Waals surface area contributed by atoms with Crippen LogP contribution in [0.2, 0.25) is 0 Å². The molecule has 0 unspecified atom stereocenters. The van der Waals surface area contributed by atoms with E-state index in [9.17, 15) is 9.90 Å². The standard InChI is InChI=1S/C21H21N5O3S/c1-14-4-6-15(7-5-14)17(18-20(28)26-21(30-18)22-13-23-26)24-8-10-25(11-9-24)19(27)16-3-2-12-29-16/h2-7,12-13,17,28H,8-11H2,1H3/t17-/m0/s1. The molecule has 1 aliphatic heterocycles. The third-order valence-electron chi connectivity index (χ3n) is 5.48. The summed E-state index contributed by atoms with van der Waals surface area (Å²) >= 11 is 1.44. The van der Waals surface area contributed by atoms with Crippen LogP contribution >= 0.6 is 11.3 Å². The summed E-state index contributed by atoms with van der Waals surface area (Å²) in [6, 6.07) is 11.6. The molecule has 1 aliphatic rings. The van der Waals surface area contributed by atoms with Gasteiger partial charge in [-0.25, -0.2) is 4.98 Å². The summed E-state index contributed by atoms with van der Waals surface area (Å²) in [5.74, 6) is 0.391. The second-order valence-electron chi connectivity index (χ2n) is 7.36. The summed E-state index contributed by atoms with van der Waals surface area (Å²) in [4.78, 5) is 22.4. The van der Waals surface area contributed by atoms with Crippen LogP contribution in [0.4, 0.5) is 0 Å². The highest BCUT2D eigenvalue weighted by Crippen LogP contribution is 2.40. The maximum atomic E-state index is 12.6. The molecule has 0 spiro atoms. The number of amides is 1. The van der Waals surface area contributed by atoms with Crippen molar-refractivity contribution in [1.29, 1.82) is 0 Å². The summed E-state index contributed by atoms with van der Waals surface area (Å²) in [6.07, 6.45) is 2.95. The minimum atomic E-state index is -0.139. The number of aromatic nitrogens is 3. The average Bonchev–Trinajstić information content (AvgIpc) is 3.50. The molecule has 1 atom stereocenters. The van der Waals surface area contributed by atoms with Gasteiger partial charge < -0.3 is 14.4 Å². The Morgan fingerprint density at radius 1 is 1.17 bits per heavy atom. The van der Waals surface area contributed by atoms with Crippen molar-refractivity contribution in [1.82, 2.24) is 24.4 Å². The smallest absolute Gasteiger partial charge is 0.289 e. The van der Waals surface area contributed by atoms with Gasteiger partial charge in [0.05, 0.1) is 17.2 Å². The number of aromatic hydroxyl groups is 1. The van der Waals surface area contributed by atoms with Crippen LogP contribution < -0.4 is 0 Å². The number of benzene rings is 1. The van der Waals surface area contributed by atoms with Crippen molar-refractivity contribution in [2.24, 2.45) is 0 Å². The van der Waals surface area contributed by atoms with Gasteiger partial charge in [-0.3, -0.25) is 9.69 Å². The maximum Gasteiger partial charge on any atom is 0.289 e. The molecule has 30 heavy (non-hydrogen) atoms. The molecule has 3 aromatic heterocycles. The second-order valence-corrected chi connectivity index (χ2v) is 8.37. The Labute approximate surface area is 177 Å². The fraction of sp³-hybridized carbons (Fsp3) is 0.286. The molecule has 154 valence electrons. The van der Waals surface area contributed by atoms with Crippen LogP contribution in [0, 0.1) is 6.92 Å². The van der Waals surface area contributed by atoms with Gasteiger partial charge in [0.15, 0.2) is 5.76 Å². The number of thiazole rings is 1. The molecule has 5 rings (SSSR count). The number of furan rings is 1. The van der Waals surface area contributed by atoms with Gasteiger partial charge >= 0.3 is 0 Å². The van der Waals surface area contributed by atoms with Crippen molar-refractivity contribution >= 4 is 22.2 Å². The van der Waals surface area contributed by atoms with Gasteiger partial charge in [0, 0.05) is 26.2 Å². The summed E-state index contributed by atoms with van der Waals surface area (Å²) in [5, 5.41) is 14.9. The predicted molar refractivity (Wildman–Crippen MR) is 112 cm³/mol. The Kier molecular flexibility index (Phi) is 4.76. The lowest BCUT2D eigenvalue weighted by Crippen LogP contribution is -2.49. The molecule has 8 nitrogen and oxygen atoms in total. The van der Waals surface area contributed by atoms with E-state index in [-0.39, 0.29) is 17.8 Å². The molecule has 1 amide bonds. The first kappa shape index (κ1) is 18.8. The predicted octanol–water partition coefficient (Wildman–Crippen LogP) is 2.95. The van der Waals surface area contributed by atoms with Crippen LogP contribution in [-0.2, 0) is 0 Å². The van der Waals surface area contributed by atoms with Crippen LogP contribution in [0.3, 0.4) is 0 Å². The first-order valence-electron chi connectivity index (χ1n) is 9.76. The minimum absolute atomic E-state index is 0.0897. The van der Waals surface area contributed by atoms with Crippen LogP contribution in [0.15, 0.2) is 53.4 Å². The SMILES string of the molecule is Cc1ccc([C@@H](c2sc3ncnn3c2O)N2CCN(C(=O)c3ccco3)CC2)cc1. The van der Waals surface area contributed by atoms with Crippen molar-refractivity contribution in [2.45, 2.75) is 13.0 Å². The Bertz CT molecular complexity index is 1160. The number of hydrogen-bond acceptors (Lipinski definition) is 7. The highest BCUT2D eigenvalue weighted by atomic mass is 32.1. The molecule has 1 N–H and O–H groups in total. The van der Waals surface area contributed by atoms with E-state index in [1.165, 1.54) is 34.0 Å². The number of rotatable bonds is 4. The number of carbonyl (C=O) groups is 1. The van der Waals surface area contributed by atoms with Gasteiger partial charge in [0.25, 0.3) is 5.91 Å². The molecule has 1 saturated heterocycles. The normalized spacial score (nSPS) is 16.2. The van der Waals surface area contributed by atoms with Gasteiger partial charge in [-0.1, -0.05) is 41.2 Å². The highest BCUT2D eigenvalue weighted by Gasteiger charge is 2.33. The molecule has 0 saturated carbocycles. The van der Waals surface area contributed by atoms with Crippen molar-refractivity contribution in [3.63, 3.8) is 0 Å². The molecule has 4 aromatic rings. The molecule has 0 bridgehead atoms. The van der Waals surface area contributed by atoms with Crippen molar-refractivity contribution < 1.29 is 14.3 Å². The zero-order valence-corrected chi connectivity index (χ0v) is 17.2. The molecular formula is C21H21N5O3S. The Hall–Kier alpha value is -3.17. The number of aryl methyl sites for hydroxylation is 1. The fourth-order valence-electron chi connectivity index (χ4n) is 3.89. The first-order chi connectivity index (χ1) is 14.6. The summed E-state index contributed by atoms with van der Waals surface area (Å²) in [6.45, 7) is 4.58. The number of piperazine rings is 1. The van der Waals surface area contributed by atoms with Gasteiger partial charge in [-0.05, 0) is 24.6 Å². The van der Waals surface area contributed by atoms with Crippen molar-refractivity contribution in [3.05, 3.63) is 70.8 Å². The zero-order valence-electron chi connectivity index (χ0n) is 16.4. The topological polar surface area (TPSA) is 87.1 Å².